The molecule has 0 aliphatic heterocycles. The van der Waals surface area contributed by atoms with Crippen LogP contribution < -0.4 is 0 Å². The molecule has 0 bridgehead atoms. The molecule has 0 atom stereocenters. The first-order valence-electron chi connectivity index (χ1n) is 18.1. The summed E-state index contributed by atoms with van der Waals surface area (Å²) < 4.78 is 2.29. The van der Waals surface area contributed by atoms with E-state index in [-0.39, 0.29) is 0 Å². The zero-order chi connectivity index (χ0) is 34.9. The van der Waals surface area contributed by atoms with Crippen molar-refractivity contribution in [1.29, 1.82) is 0 Å². The Bertz CT molecular complexity index is 3130. The summed E-state index contributed by atoms with van der Waals surface area (Å²) >= 11 is 0. The van der Waals surface area contributed by atoms with Gasteiger partial charge >= 0.3 is 0 Å². The molecule has 0 amide bonds. The van der Waals surface area contributed by atoms with E-state index >= 15 is 0 Å². The molecule has 0 unspecified atom stereocenters. The van der Waals surface area contributed by atoms with E-state index in [2.05, 4.69) is 187 Å². The predicted molar refractivity (Wildman–Crippen MR) is 222 cm³/mol. The van der Waals surface area contributed by atoms with E-state index in [1.54, 1.807) is 0 Å². The molecule has 3 nitrogen and oxygen atoms in total. The van der Waals surface area contributed by atoms with Gasteiger partial charge in [-0.25, -0.2) is 9.97 Å². The fraction of sp³-hybridized carbons (Fsp3) is 0. The van der Waals surface area contributed by atoms with Crippen molar-refractivity contribution in [2.45, 2.75) is 0 Å². The molecule has 0 spiro atoms. The van der Waals surface area contributed by atoms with Crippen LogP contribution in [0.4, 0.5) is 0 Å². The standard InChI is InChI=1S/C50H31N3/c1-4-13-32(14-5-1)34-23-25-36(26-24-34)44-31-43(35-17-8-3-9-18-35)51-50(52-44)53-45-22-12-21-41-39-19-10-11-20-40(39)47-42-29-37(33-15-6-2-7-16-33)27-28-38(42)30-46(53)49(47)48(41)45/h1-31H. The Hall–Kier alpha value is -7.10. The summed E-state index contributed by atoms with van der Waals surface area (Å²) in [5.74, 6) is 0.655. The number of hydrogen-bond donors (Lipinski definition) is 0. The van der Waals surface area contributed by atoms with Crippen LogP contribution in [0.25, 0.3) is 105 Å². The Morgan fingerprint density at radius 2 is 0.811 bits per heavy atom. The zero-order valence-corrected chi connectivity index (χ0v) is 28.7. The molecular formula is C50H31N3. The van der Waals surface area contributed by atoms with Gasteiger partial charge in [0.15, 0.2) is 0 Å². The van der Waals surface area contributed by atoms with E-state index in [1.165, 1.54) is 65.3 Å². The van der Waals surface area contributed by atoms with Crippen molar-refractivity contribution in [1.82, 2.24) is 14.5 Å². The highest BCUT2D eigenvalue weighted by molar-refractivity contribution is 6.39. The molecule has 0 saturated heterocycles. The van der Waals surface area contributed by atoms with Gasteiger partial charge in [-0.15, -0.1) is 0 Å². The monoisotopic (exact) mass is 673 g/mol. The summed E-state index contributed by atoms with van der Waals surface area (Å²) in [5.41, 5.74) is 10.9. The van der Waals surface area contributed by atoms with Crippen LogP contribution in [-0.2, 0) is 0 Å². The second kappa shape index (κ2) is 11.7. The van der Waals surface area contributed by atoms with Crippen molar-refractivity contribution >= 4 is 54.1 Å². The lowest BCUT2D eigenvalue weighted by atomic mass is 9.90. The van der Waals surface area contributed by atoms with E-state index in [1.807, 2.05) is 6.07 Å². The topological polar surface area (TPSA) is 30.7 Å². The van der Waals surface area contributed by atoms with Crippen LogP contribution >= 0.6 is 0 Å². The van der Waals surface area contributed by atoms with E-state index in [9.17, 15) is 0 Å². The third-order valence-corrected chi connectivity index (χ3v) is 10.8. The molecule has 0 aliphatic rings. The van der Waals surface area contributed by atoms with Crippen molar-refractivity contribution in [3.63, 3.8) is 0 Å². The van der Waals surface area contributed by atoms with Gasteiger partial charge in [0.2, 0.25) is 5.95 Å². The molecule has 0 fully saturated rings. The molecule has 0 N–H and O–H groups in total. The lowest BCUT2D eigenvalue weighted by Crippen LogP contribution is -2.04. The normalized spacial score (nSPS) is 11.8. The van der Waals surface area contributed by atoms with Gasteiger partial charge in [-0.2, -0.15) is 0 Å². The number of hydrogen-bond acceptors (Lipinski definition) is 2. The lowest BCUT2D eigenvalue weighted by molar-refractivity contribution is 0.996. The van der Waals surface area contributed by atoms with Gasteiger partial charge in [0.1, 0.15) is 0 Å². The van der Waals surface area contributed by atoms with Crippen LogP contribution in [-0.4, -0.2) is 14.5 Å². The van der Waals surface area contributed by atoms with Crippen LogP contribution in [0.5, 0.6) is 0 Å². The molecule has 246 valence electrons. The number of fused-ring (bicyclic) bond motifs is 5. The molecule has 11 rings (SSSR count). The van der Waals surface area contributed by atoms with Crippen molar-refractivity contribution in [3.05, 3.63) is 188 Å². The largest absolute Gasteiger partial charge is 0.278 e. The second-order valence-electron chi connectivity index (χ2n) is 13.8. The number of aromatic nitrogens is 3. The summed E-state index contributed by atoms with van der Waals surface area (Å²) in [6.45, 7) is 0. The van der Waals surface area contributed by atoms with Crippen molar-refractivity contribution < 1.29 is 0 Å². The van der Waals surface area contributed by atoms with Crippen molar-refractivity contribution in [2.24, 2.45) is 0 Å². The summed E-state index contributed by atoms with van der Waals surface area (Å²) in [7, 11) is 0. The third-order valence-electron chi connectivity index (χ3n) is 10.8. The molecule has 11 aromatic rings. The lowest BCUT2D eigenvalue weighted by Gasteiger charge is -2.13. The average Bonchev–Trinajstić information content (AvgIpc) is 3.57. The maximum atomic E-state index is 5.39. The maximum absolute atomic E-state index is 5.39. The first kappa shape index (κ1) is 29.6. The first-order chi connectivity index (χ1) is 26.3. The van der Waals surface area contributed by atoms with Gasteiger partial charge in [-0.05, 0) is 73.5 Å². The molecule has 9 aromatic carbocycles. The Balaban J connectivity index is 1.22. The Kier molecular flexibility index (Phi) is 6.55. The fourth-order valence-electron chi connectivity index (χ4n) is 8.30. The van der Waals surface area contributed by atoms with Gasteiger partial charge < -0.3 is 0 Å². The second-order valence-corrected chi connectivity index (χ2v) is 13.8. The minimum atomic E-state index is 0.655. The first-order valence-corrected chi connectivity index (χ1v) is 18.1. The van der Waals surface area contributed by atoms with E-state index in [0.29, 0.717) is 5.95 Å². The molecular weight excluding hydrogens is 643 g/mol. The van der Waals surface area contributed by atoms with E-state index in [4.69, 9.17) is 9.97 Å². The van der Waals surface area contributed by atoms with Gasteiger partial charge in [0.25, 0.3) is 0 Å². The predicted octanol–water partition coefficient (Wildman–Crippen LogP) is 13.1. The van der Waals surface area contributed by atoms with Gasteiger partial charge in [0.05, 0.1) is 22.4 Å². The van der Waals surface area contributed by atoms with Crippen LogP contribution in [0.3, 0.4) is 0 Å². The van der Waals surface area contributed by atoms with Crippen molar-refractivity contribution in [2.75, 3.05) is 0 Å². The van der Waals surface area contributed by atoms with Crippen LogP contribution in [0.2, 0.25) is 0 Å². The summed E-state index contributed by atoms with van der Waals surface area (Å²) in [5, 5.41) is 9.93. The van der Waals surface area contributed by atoms with Gasteiger partial charge in [-0.1, -0.05) is 164 Å². The summed E-state index contributed by atoms with van der Waals surface area (Å²) in [6, 6.07) is 67.2. The number of rotatable bonds is 5. The van der Waals surface area contributed by atoms with Gasteiger partial charge in [-0.3, -0.25) is 4.57 Å². The van der Waals surface area contributed by atoms with Crippen LogP contribution in [0.1, 0.15) is 0 Å². The quantitative estimate of drug-likeness (QED) is 0.170. The summed E-state index contributed by atoms with van der Waals surface area (Å²) in [4.78, 5) is 10.7. The highest BCUT2D eigenvalue weighted by Gasteiger charge is 2.23. The molecule has 2 heterocycles. The number of benzene rings is 9. The van der Waals surface area contributed by atoms with Crippen molar-refractivity contribution in [3.8, 4) is 50.7 Å². The maximum Gasteiger partial charge on any atom is 0.235 e. The summed E-state index contributed by atoms with van der Waals surface area (Å²) in [6.07, 6.45) is 0. The molecule has 2 aromatic heterocycles. The Morgan fingerprint density at radius 1 is 0.302 bits per heavy atom. The highest BCUT2D eigenvalue weighted by atomic mass is 15.2. The Morgan fingerprint density at radius 3 is 1.51 bits per heavy atom. The SMILES string of the molecule is c1ccc(-c2ccc(-c3cc(-c4ccccc4)nc(-n4c5cccc6c7ccccc7c7c8cc(-c9ccccc9)ccc8cc4c7c65)n3)cc2)cc1. The molecule has 0 aliphatic carbocycles. The molecule has 3 heteroatoms. The zero-order valence-electron chi connectivity index (χ0n) is 28.7. The van der Waals surface area contributed by atoms with Crippen LogP contribution in [0, 0.1) is 0 Å². The molecule has 0 radical (unpaired) electrons. The number of nitrogens with zero attached hydrogens (tertiary/aromatic N) is 3. The average molecular weight is 674 g/mol. The smallest absolute Gasteiger partial charge is 0.235 e. The third kappa shape index (κ3) is 4.68. The fourth-order valence-corrected chi connectivity index (χ4v) is 8.30. The molecule has 0 saturated carbocycles. The highest BCUT2D eigenvalue weighted by Crippen LogP contribution is 2.47. The van der Waals surface area contributed by atoms with E-state index in [0.717, 1.165) is 33.5 Å². The van der Waals surface area contributed by atoms with Crippen LogP contribution in [0.15, 0.2) is 188 Å². The Labute approximate surface area is 306 Å². The molecule has 53 heavy (non-hydrogen) atoms. The minimum absolute atomic E-state index is 0.655. The van der Waals surface area contributed by atoms with E-state index < -0.39 is 0 Å². The van der Waals surface area contributed by atoms with Gasteiger partial charge in [0, 0.05) is 27.3 Å². The minimum Gasteiger partial charge on any atom is -0.278 e.